The first-order chi connectivity index (χ1) is 16.6. The fourth-order valence-electron chi connectivity index (χ4n) is 2.86. The van der Waals surface area contributed by atoms with E-state index in [2.05, 4.69) is 24.8 Å². The predicted octanol–water partition coefficient (Wildman–Crippen LogP) is 5.11. The lowest BCUT2D eigenvalue weighted by Crippen LogP contribution is -2.38. The Bertz CT molecular complexity index is 1130. The standard InChI is InChI=1S/C23H19F6N3O4/c1-21(2,34)12-30-20(33)18-11-17(13-3-7-15(8-4-13)35-22(24,25)26)31-19(32-18)14-5-9-16(10-6-14)36-23(27,28)29/h3-11,34H,12H2,1-2H3,(H,30,33). The molecule has 0 fully saturated rings. The maximum absolute atomic E-state index is 12.7. The molecule has 0 saturated carbocycles. The highest BCUT2D eigenvalue weighted by atomic mass is 19.4. The van der Waals surface area contributed by atoms with Crippen LogP contribution in [0.1, 0.15) is 24.3 Å². The summed E-state index contributed by atoms with van der Waals surface area (Å²) in [5.41, 5.74) is -0.688. The number of nitrogens with zero attached hydrogens (tertiary/aromatic N) is 2. The van der Waals surface area contributed by atoms with Crippen LogP contribution in [0.4, 0.5) is 26.3 Å². The normalized spacial score (nSPS) is 12.2. The first kappa shape index (κ1) is 26.7. The van der Waals surface area contributed by atoms with Gasteiger partial charge in [0.05, 0.1) is 11.3 Å². The van der Waals surface area contributed by atoms with E-state index < -0.39 is 35.7 Å². The van der Waals surface area contributed by atoms with Crippen molar-refractivity contribution in [3.05, 3.63) is 60.3 Å². The van der Waals surface area contributed by atoms with Crippen molar-refractivity contribution in [1.29, 1.82) is 0 Å². The highest BCUT2D eigenvalue weighted by molar-refractivity contribution is 5.93. The predicted molar refractivity (Wildman–Crippen MR) is 115 cm³/mol. The number of rotatable bonds is 7. The molecule has 2 N–H and O–H groups in total. The summed E-state index contributed by atoms with van der Waals surface area (Å²) in [4.78, 5) is 21.1. The number of nitrogens with one attached hydrogen (secondary N) is 1. The number of aliphatic hydroxyl groups is 1. The molecule has 0 radical (unpaired) electrons. The molecule has 0 aliphatic rings. The summed E-state index contributed by atoms with van der Waals surface area (Å²) in [5.74, 6) is -1.68. The largest absolute Gasteiger partial charge is 0.573 e. The maximum atomic E-state index is 12.7. The number of ether oxygens (including phenoxy) is 2. The maximum Gasteiger partial charge on any atom is 0.573 e. The minimum Gasteiger partial charge on any atom is -0.406 e. The van der Waals surface area contributed by atoms with Crippen molar-refractivity contribution in [2.45, 2.75) is 32.2 Å². The second-order valence-electron chi connectivity index (χ2n) is 8.10. The number of hydrogen-bond donors (Lipinski definition) is 2. The van der Waals surface area contributed by atoms with Crippen LogP contribution in [0.2, 0.25) is 0 Å². The van der Waals surface area contributed by atoms with Crippen molar-refractivity contribution in [1.82, 2.24) is 15.3 Å². The topological polar surface area (TPSA) is 93.6 Å². The minimum atomic E-state index is -4.88. The summed E-state index contributed by atoms with van der Waals surface area (Å²) in [6.07, 6.45) is -9.76. The van der Waals surface area contributed by atoms with Crippen LogP contribution in [-0.2, 0) is 0 Å². The molecule has 0 saturated heterocycles. The average Bonchev–Trinajstić information content (AvgIpc) is 2.75. The van der Waals surface area contributed by atoms with Crippen LogP contribution >= 0.6 is 0 Å². The van der Waals surface area contributed by atoms with Crippen LogP contribution in [0.15, 0.2) is 54.6 Å². The van der Waals surface area contributed by atoms with E-state index in [0.29, 0.717) is 5.56 Å². The summed E-state index contributed by atoms with van der Waals surface area (Å²) < 4.78 is 82.3. The third-order valence-corrected chi connectivity index (χ3v) is 4.37. The van der Waals surface area contributed by atoms with Crippen molar-refractivity contribution in [2.75, 3.05) is 6.54 Å². The van der Waals surface area contributed by atoms with E-state index in [1.165, 1.54) is 44.2 Å². The third kappa shape index (κ3) is 8.12. The molecule has 192 valence electrons. The van der Waals surface area contributed by atoms with Gasteiger partial charge >= 0.3 is 12.7 Å². The van der Waals surface area contributed by atoms with Gasteiger partial charge in [-0.25, -0.2) is 9.97 Å². The van der Waals surface area contributed by atoms with E-state index in [9.17, 15) is 36.2 Å². The van der Waals surface area contributed by atoms with E-state index in [4.69, 9.17) is 0 Å². The van der Waals surface area contributed by atoms with Crippen LogP contribution in [-0.4, -0.2) is 45.9 Å². The fraction of sp³-hybridized carbons (Fsp3) is 0.261. The first-order valence-electron chi connectivity index (χ1n) is 10.2. The van der Waals surface area contributed by atoms with Crippen LogP contribution < -0.4 is 14.8 Å². The molecular weight excluding hydrogens is 496 g/mol. The Labute approximate surface area is 200 Å². The number of amides is 1. The van der Waals surface area contributed by atoms with E-state index >= 15 is 0 Å². The Kier molecular flexibility index (Phi) is 7.43. The van der Waals surface area contributed by atoms with Gasteiger partial charge in [-0.3, -0.25) is 4.79 Å². The van der Waals surface area contributed by atoms with E-state index in [1.54, 1.807) is 0 Å². The number of hydrogen-bond acceptors (Lipinski definition) is 6. The van der Waals surface area contributed by atoms with Gasteiger partial charge in [0.1, 0.15) is 17.2 Å². The van der Waals surface area contributed by atoms with Gasteiger partial charge in [0, 0.05) is 17.7 Å². The lowest BCUT2D eigenvalue weighted by molar-refractivity contribution is -0.275. The molecule has 3 aromatic rings. The molecule has 7 nitrogen and oxygen atoms in total. The Hall–Kier alpha value is -3.87. The number of halogens is 6. The molecule has 0 aliphatic heterocycles. The third-order valence-electron chi connectivity index (χ3n) is 4.37. The highest BCUT2D eigenvalue weighted by Gasteiger charge is 2.31. The van der Waals surface area contributed by atoms with Gasteiger partial charge in [-0.1, -0.05) is 0 Å². The molecule has 0 atom stereocenters. The highest BCUT2D eigenvalue weighted by Crippen LogP contribution is 2.29. The van der Waals surface area contributed by atoms with Crippen molar-refractivity contribution in [3.63, 3.8) is 0 Å². The van der Waals surface area contributed by atoms with Crippen molar-refractivity contribution >= 4 is 5.91 Å². The lowest BCUT2D eigenvalue weighted by atomic mass is 10.1. The molecule has 0 bridgehead atoms. The van der Waals surface area contributed by atoms with Gasteiger partial charge < -0.3 is 19.9 Å². The molecular formula is C23H19F6N3O4. The summed E-state index contributed by atoms with van der Waals surface area (Å²) in [5, 5.41) is 12.4. The summed E-state index contributed by atoms with van der Waals surface area (Å²) in [7, 11) is 0. The Balaban J connectivity index is 1.99. The van der Waals surface area contributed by atoms with Gasteiger partial charge in [0.15, 0.2) is 5.82 Å². The molecule has 1 aromatic heterocycles. The van der Waals surface area contributed by atoms with Crippen molar-refractivity contribution in [3.8, 4) is 34.1 Å². The number of benzene rings is 2. The quantitative estimate of drug-likeness (QED) is 0.425. The summed E-state index contributed by atoms with van der Waals surface area (Å²) in [6, 6.07) is 10.5. The number of carbonyl (C=O) groups is 1. The molecule has 1 heterocycles. The van der Waals surface area contributed by atoms with Crippen LogP contribution in [0.25, 0.3) is 22.6 Å². The zero-order chi connectivity index (χ0) is 26.7. The smallest absolute Gasteiger partial charge is 0.406 e. The second-order valence-corrected chi connectivity index (χ2v) is 8.10. The number of carbonyl (C=O) groups excluding carboxylic acids is 1. The molecule has 0 unspecified atom stereocenters. The van der Waals surface area contributed by atoms with E-state index in [0.717, 1.165) is 24.3 Å². The minimum absolute atomic E-state index is 0.0462. The summed E-state index contributed by atoms with van der Waals surface area (Å²) >= 11 is 0. The molecule has 36 heavy (non-hydrogen) atoms. The van der Waals surface area contributed by atoms with E-state index in [1.807, 2.05) is 0 Å². The van der Waals surface area contributed by atoms with Crippen molar-refractivity contribution in [2.24, 2.45) is 0 Å². The molecule has 0 aliphatic carbocycles. The van der Waals surface area contributed by atoms with Crippen LogP contribution in [0.5, 0.6) is 11.5 Å². The molecule has 0 spiro atoms. The monoisotopic (exact) mass is 515 g/mol. The number of aromatic nitrogens is 2. The zero-order valence-electron chi connectivity index (χ0n) is 18.7. The number of alkyl halides is 6. The van der Waals surface area contributed by atoms with Crippen LogP contribution in [0, 0.1) is 0 Å². The molecule has 13 heteroatoms. The van der Waals surface area contributed by atoms with Crippen molar-refractivity contribution < 1.29 is 45.7 Å². The Morgan fingerprint density at radius 1 is 0.833 bits per heavy atom. The molecule has 1 amide bonds. The van der Waals surface area contributed by atoms with Gasteiger partial charge in [-0.15, -0.1) is 26.3 Å². The summed E-state index contributed by atoms with van der Waals surface area (Å²) in [6.45, 7) is 2.83. The SMILES string of the molecule is CC(C)(O)CNC(=O)c1cc(-c2ccc(OC(F)(F)F)cc2)nc(-c2ccc(OC(F)(F)F)cc2)n1. The molecule has 2 aromatic carbocycles. The Morgan fingerprint density at radius 3 is 1.75 bits per heavy atom. The first-order valence-corrected chi connectivity index (χ1v) is 10.2. The second kappa shape index (κ2) is 10.0. The fourth-order valence-corrected chi connectivity index (χ4v) is 2.86. The lowest BCUT2D eigenvalue weighted by Gasteiger charge is -2.17. The average molecular weight is 515 g/mol. The molecule has 3 rings (SSSR count). The van der Waals surface area contributed by atoms with Gasteiger partial charge in [-0.05, 0) is 68.4 Å². The van der Waals surface area contributed by atoms with E-state index in [-0.39, 0.29) is 29.3 Å². The Morgan fingerprint density at radius 2 is 1.31 bits per heavy atom. The van der Waals surface area contributed by atoms with Gasteiger partial charge in [0.25, 0.3) is 5.91 Å². The van der Waals surface area contributed by atoms with Gasteiger partial charge in [-0.2, -0.15) is 0 Å². The van der Waals surface area contributed by atoms with Gasteiger partial charge in [0.2, 0.25) is 0 Å². The van der Waals surface area contributed by atoms with Crippen LogP contribution in [0.3, 0.4) is 0 Å². The zero-order valence-corrected chi connectivity index (χ0v) is 18.7.